The van der Waals surface area contributed by atoms with Gasteiger partial charge >= 0.3 is 0 Å². The first-order valence-corrected chi connectivity index (χ1v) is 10.9. The number of likely N-dealkylation sites (tertiary alicyclic amines) is 1. The third-order valence-electron chi connectivity index (χ3n) is 5.98. The SMILES string of the molecule is Cc1ccc(C(O)=C2C(=O)C(=O)N(Cc3ccccc3)[C@@H]2c2ccc(C(C)C)cc2)cc1. The second-order valence-electron chi connectivity index (χ2n) is 8.60. The number of aliphatic hydroxyl groups excluding tert-OH is 1. The van der Waals surface area contributed by atoms with Gasteiger partial charge in [-0.15, -0.1) is 0 Å². The van der Waals surface area contributed by atoms with Crippen molar-refractivity contribution in [2.45, 2.75) is 39.3 Å². The highest BCUT2D eigenvalue weighted by Gasteiger charge is 2.46. The van der Waals surface area contributed by atoms with Crippen molar-refractivity contribution in [1.82, 2.24) is 4.90 Å². The van der Waals surface area contributed by atoms with Crippen LogP contribution in [0, 0.1) is 6.92 Å². The van der Waals surface area contributed by atoms with Crippen LogP contribution < -0.4 is 0 Å². The third-order valence-corrected chi connectivity index (χ3v) is 5.98. The monoisotopic (exact) mass is 425 g/mol. The van der Waals surface area contributed by atoms with Gasteiger partial charge in [-0.2, -0.15) is 0 Å². The van der Waals surface area contributed by atoms with Crippen molar-refractivity contribution in [3.8, 4) is 0 Å². The van der Waals surface area contributed by atoms with Gasteiger partial charge in [-0.05, 0) is 29.5 Å². The molecule has 4 heteroatoms. The van der Waals surface area contributed by atoms with Crippen LogP contribution in [0.25, 0.3) is 5.76 Å². The van der Waals surface area contributed by atoms with Crippen LogP contribution >= 0.6 is 0 Å². The van der Waals surface area contributed by atoms with E-state index >= 15 is 0 Å². The molecule has 4 rings (SSSR count). The average molecular weight is 426 g/mol. The Hall–Kier alpha value is -3.66. The van der Waals surface area contributed by atoms with Crippen LogP contribution in [-0.4, -0.2) is 21.7 Å². The Balaban J connectivity index is 1.84. The van der Waals surface area contributed by atoms with E-state index in [0.29, 0.717) is 11.5 Å². The summed E-state index contributed by atoms with van der Waals surface area (Å²) < 4.78 is 0. The number of rotatable bonds is 5. The molecule has 4 nitrogen and oxygen atoms in total. The van der Waals surface area contributed by atoms with E-state index in [2.05, 4.69) is 13.8 Å². The predicted molar refractivity (Wildman–Crippen MR) is 126 cm³/mol. The number of carbonyl (C=O) groups is 2. The predicted octanol–water partition coefficient (Wildman–Crippen LogP) is 5.74. The normalized spacial score (nSPS) is 17.9. The molecule has 0 bridgehead atoms. The van der Waals surface area contributed by atoms with E-state index in [0.717, 1.165) is 16.7 Å². The average Bonchev–Trinajstić information content (AvgIpc) is 3.05. The standard InChI is InChI=1S/C28H27NO3/c1-18(2)21-13-15-22(16-14-21)25-24(26(30)23-11-9-19(3)10-12-23)27(31)28(32)29(25)17-20-7-5-4-6-8-20/h4-16,18,25,30H,17H2,1-3H3/t25-/m1/s1. The summed E-state index contributed by atoms with van der Waals surface area (Å²) in [6.45, 7) is 6.48. The van der Waals surface area contributed by atoms with E-state index in [1.165, 1.54) is 5.56 Å². The fourth-order valence-corrected chi connectivity index (χ4v) is 4.10. The zero-order valence-electron chi connectivity index (χ0n) is 18.6. The fraction of sp³-hybridized carbons (Fsp3) is 0.214. The highest BCUT2D eigenvalue weighted by Crippen LogP contribution is 2.40. The van der Waals surface area contributed by atoms with E-state index in [1.807, 2.05) is 73.7 Å². The number of nitrogens with zero attached hydrogens (tertiary/aromatic N) is 1. The molecule has 1 atom stereocenters. The number of benzene rings is 3. The van der Waals surface area contributed by atoms with Gasteiger partial charge < -0.3 is 10.0 Å². The summed E-state index contributed by atoms with van der Waals surface area (Å²) in [5, 5.41) is 11.1. The molecule has 0 spiro atoms. The zero-order valence-corrected chi connectivity index (χ0v) is 18.6. The van der Waals surface area contributed by atoms with E-state index < -0.39 is 17.7 Å². The number of aliphatic hydroxyl groups is 1. The number of hydrogen-bond donors (Lipinski definition) is 1. The largest absolute Gasteiger partial charge is 0.507 e. The topological polar surface area (TPSA) is 57.6 Å². The van der Waals surface area contributed by atoms with Crippen LogP contribution in [0.2, 0.25) is 0 Å². The molecule has 1 saturated heterocycles. The van der Waals surface area contributed by atoms with Crippen molar-refractivity contribution in [2.24, 2.45) is 0 Å². The van der Waals surface area contributed by atoms with Crippen LogP contribution in [0.3, 0.4) is 0 Å². The molecule has 1 fully saturated rings. The zero-order chi connectivity index (χ0) is 22.8. The molecule has 1 amide bonds. The summed E-state index contributed by atoms with van der Waals surface area (Å²) in [6, 6.07) is 24.2. The molecule has 3 aromatic rings. The summed E-state index contributed by atoms with van der Waals surface area (Å²) >= 11 is 0. The van der Waals surface area contributed by atoms with Gasteiger partial charge in [0.15, 0.2) is 0 Å². The number of ketones is 1. The molecule has 1 heterocycles. The van der Waals surface area contributed by atoms with E-state index in [1.54, 1.807) is 17.0 Å². The Kier molecular flexibility index (Phi) is 5.95. The molecule has 3 aromatic carbocycles. The lowest BCUT2D eigenvalue weighted by atomic mass is 9.93. The first-order valence-electron chi connectivity index (χ1n) is 10.9. The lowest BCUT2D eigenvalue weighted by Crippen LogP contribution is -2.29. The minimum Gasteiger partial charge on any atom is -0.507 e. The second-order valence-corrected chi connectivity index (χ2v) is 8.60. The Labute approximate surface area is 188 Å². The highest BCUT2D eigenvalue weighted by atomic mass is 16.3. The van der Waals surface area contributed by atoms with Gasteiger partial charge in [-0.25, -0.2) is 0 Å². The summed E-state index contributed by atoms with van der Waals surface area (Å²) in [5.41, 5.74) is 4.61. The van der Waals surface area contributed by atoms with Crippen molar-refractivity contribution in [2.75, 3.05) is 0 Å². The molecule has 0 saturated carbocycles. The van der Waals surface area contributed by atoms with Crippen LogP contribution in [-0.2, 0) is 16.1 Å². The minimum atomic E-state index is -0.656. The number of carbonyl (C=O) groups excluding carboxylic acids is 2. The van der Waals surface area contributed by atoms with E-state index in [-0.39, 0.29) is 17.9 Å². The van der Waals surface area contributed by atoms with Gasteiger partial charge in [0.05, 0.1) is 11.6 Å². The van der Waals surface area contributed by atoms with Crippen molar-refractivity contribution < 1.29 is 14.7 Å². The molecule has 1 N–H and O–H groups in total. The molecule has 32 heavy (non-hydrogen) atoms. The lowest BCUT2D eigenvalue weighted by Gasteiger charge is -2.26. The summed E-state index contributed by atoms with van der Waals surface area (Å²) in [6.07, 6.45) is 0. The molecular formula is C28H27NO3. The van der Waals surface area contributed by atoms with Crippen molar-refractivity contribution in [3.05, 3.63) is 112 Å². The summed E-state index contributed by atoms with van der Waals surface area (Å²) in [4.78, 5) is 27.8. The molecule has 0 unspecified atom stereocenters. The molecule has 0 aromatic heterocycles. The molecule has 0 radical (unpaired) electrons. The number of Topliss-reactive ketones (excluding diaryl/α,β-unsaturated/α-hetero) is 1. The lowest BCUT2D eigenvalue weighted by molar-refractivity contribution is -0.140. The Morgan fingerprint density at radius 1 is 0.906 bits per heavy atom. The number of hydrogen-bond acceptors (Lipinski definition) is 3. The van der Waals surface area contributed by atoms with Crippen molar-refractivity contribution in [1.29, 1.82) is 0 Å². The first-order chi connectivity index (χ1) is 15.4. The third kappa shape index (κ3) is 4.09. The molecule has 162 valence electrons. The first kappa shape index (κ1) is 21.6. The van der Waals surface area contributed by atoms with Gasteiger partial charge in [0, 0.05) is 12.1 Å². The van der Waals surface area contributed by atoms with Gasteiger partial charge in [-0.3, -0.25) is 9.59 Å². The number of amides is 1. The fourth-order valence-electron chi connectivity index (χ4n) is 4.10. The van der Waals surface area contributed by atoms with Crippen LogP contribution in [0.4, 0.5) is 0 Å². The molecular weight excluding hydrogens is 398 g/mol. The molecule has 0 aliphatic carbocycles. The Morgan fingerprint density at radius 3 is 2.12 bits per heavy atom. The van der Waals surface area contributed by atoms with E-state index in [4.69, 9.17) is 0 Å². The molecule has 1 aliphatic heterocycles. The van der Waals surface area contributed by atoms with E-state index in [9.17, 15) is 14.7 Å². The van der Waals surface area contributed by atoms with Crippen LogP contribution in [0.15, 0.2) is 84.4 Å². The Bertz CT molecular complexity index is 1160. The van der Waals surface area contributed by atoms with Gasteiger partial charge in [0.1, 0.15) is 5.76 Å². The number of aryl methyl sites for hydroxylation is 1. The summed E-state index contributed by atoms with van der Waals surface area (Å²) in [5.74, 6) is -1.03. The maximum absolute atomic E-state index is 13.1. The van der Waals surface area contributed by atoms with Gasteiger partial charge in [0.25, 0.3) is 11.7 Å². The highest BCUT2D eigenvalue weighted by molar-refractivity contribution is 6.46. The quantitative estimate of drug-likeness (QED) is 0.322. The van der Waals surface area contributed by atoms with Crippen LogP contribution in [0.5, 0.6) is 0 Å². The van der Waals surface area contributed by atoms with Crippen molar-refractivity contribution in [3.63, 3.8) is 0 Å². The van der Waals surface area contributed by atoms with Crippen LogP contribution in [0.1, 0.15) is 53.6 Å². The van der Waals surface area contributed by atoms with Gasteiger partial charge in [-0.1, -0.05) is 98.3 Å². The minimum absolute atomic E-state index is 0.132. The maximum Gasteiger partial charge on any atom is 0.295 e. The van der Waals surface area contributed by atoms with Gasteiger partial charge in [0.2, 0.25) is 0 Å². The maximum atomic E-state index is 13.1. The Morgan fingerprint density at radius 2 is 1.53 bits per heavy atom. The van der Waals surface area contributed by atoms with Crippen molar-refractivity contribution >= 4 is 17.4 Å². The summed E-state index contributed by atoms with van der Waals surface area (Å²) in [7, 11) is 0. The smallest absolute Gasteiger partial charge is 0.295 e. The second kappa shape index (κ2) is 8.83. The molecule has 1 aliphatic rings.